The van der Waals surface area contributed by atoms with Crippen molar-refractivity contribution >= 4 is 21.6 Å². The van der Waals surface area contributed by atoms with Crippen LogP contribution in [-0.2, 0) is 16.4 Å². The Morgan fingerprint density at radius 2 is 1.71 bits per heavy atom. The monoisotopic (exact) mass is 321 g/mol. The fourth-order valence-corrected chi connectivity index (χ4v) is 4.62. The Bertz CT molecular complexity index is 694. The van der Waals surface area contributed by atoms with Crippen LogP contribution in [0.3, 0.4) is 0 Å². The Labute approximate surface area is 130 Å². The van der Waals surface area contributed by atoms with E-state index in [1.807, 2.05) is 31.2 Å². The lowest BCUT2D eigenvalue weighted by atomic mass is 10.2. The zero-order chi connectivity index (χ0) is 15.3. The predicted octanol–water partition coefficient (Wildman–Crippen LogP) is 3.02. The Morgan fingerprint density at radius 1 is 1.05 bits per heavy atom. The molecule has 21 heavy (non-hydrogen) atoms. The van der Waals surface area contributed by atoms with Gasteiger partial charge in [-0.25, -0.2) is 8.42 Å². The molecule has 0 amide bonds. The zero-order valence-electron chi connectivity index (χ0n) is 12.0. The standard InChI is InChI=1S/C16H19NO2S2/c1-13-4-2-3-5-16(13)20-10-11-21(18,19)15-8-6-14(12-17)7-9-15/h2-9H,10-12,17H2,1H3. The molecule has 0 saturated heterocycles. The number of benzene rings is 2. The van der Waals surface area contributed by atoms with E-state index in [0.717, 1.165) is 10.5 Å². The molecule has 2 aromatic carbocycles. The Hall–Kier alpha value is -1.30. The van der Waals surface area contributed by atoms with E-state index >= 15 is 0 Å². The third-order valence-electron chi connectivity index (χ3n) is 3.22. The highest BCUT2D eigenvalue weighted by molar-refractivity contribution is 8.00. The summed E-state index contributed by atoms with van der Waals surface area (Å²) in [4.78, 5) is 1.50. The van der Waals surface area contributed by atoms with Crippen molar-refractivity contribution in [3.8, 4) is 0 Å². The van der Waals surface area contributed by atoms with E-state index < -0.39 is 9.84 Å². The molecule has 0 aliphatic heterocycles. The molecule has 0 heterocycles. The normalized spacial score (nSPS) is 11.5. The van der Waals surface area contributed by atoms with E-state index in [-0.39, 0.29) is 5.75 Å². The van der Waals surface area contributed by atoms with Crippen molar-refractivity contribution in [2.45, 2.75) is 23.3 Å². The van der Waals surface area contributed by atoms with Gasteiger partial charge in [0.2, 0.25) is 0 Å². The molecule has 0 spiro atoms. The maximum Gasteiger partial charge on any atom is 0.179 e. The first-order chi connectivity index (χ1) is 10.0. The van der Waals surface area contributed by atoms with Crippen LogP contribution in [0, 0.1) is 6.92 Å². The van der Waals surface area contributed by atoms with Gasteiger partial charge in [0.05, 0.1) is 10.6 Å². The molecule has 0 fully saturated rings. The van der Waals surface area contributed by atoms with Gasteiger partial charge < -0.3 is 5.73 Å². The fourth-order valence-electron chi connectivity index (χ4n) is 1.93. The summed E-state index contributed by atoms with van der Waals surface area (Å²) in [5.74, 6) is 0.680. The van der Waals surface area contributed by atoms with Crippen molar-refractivity contribution in [3.63, 3.8) is 0 Å². The number of aryl methyl sites for hydroxylation is 1. The molecule has 112 valence electrons. The summed E-state index contributed by atoms with van der Waals surface area (Å²) in [5, 5.41) is 0. The topological polar surface area (TPSA) is 60.2 Å². The van der Waals surface area contributed by atoms with Gasteiger partial charge >= 0.3 is 0 Å². The van der Waals surface area contributed by atoms with E-state index in [1.54, 1.807) is 36.0 Å². The van der Waals surface area contributed by atoms with Crippen LogP contribution < -0.4 is 5.73 Å². The second-order valence-electron chi connectivity index (χ2n) is 4.78. The van der Waals surface area contributed by atoms with Gasteiger partial charge in [0.15, 0.2) is 9.84 Å². The molecule has 2 N–H and O–H groups in total. The zero-order valence-corrected chi connectivity index (χ0v) is 13.6. The van der Waals surface area contributed by atoms with E-state index in [1.165, 1.54) is 5.56 Å². The van der Waals surface area contributed by atoms with Crippen molar-refractivity contribution < 1.29 is 8.42 Å². The maximum absolute atomic E-state index is 12.3. The number of hydrogen-bond donors (Lipinski definition) is 1. The van der Waals surface area contributed by atoms with Gasteiger partial charge in [0.25, 0.3) is 0 Å². The smallest absolute Gasteiger partial charge is 0.179 e. The number of hydrogen-bond acceptors (Lipinski definition) is 4. The van der Waals surface area contributed by atoms with Crippen LogP contribution in [0.25, 0.3) is 0 Å². The second kappa shape index (κ2) is 7.11. The van der Waals surface area contributed by atoms with Crippen LogP contribution in [0.5, 0.6) is 0 Å². The predicted molar refractivity (Wildman–Crippen MR) is 88.3 cm³/mol. The van der Waals surface area contributed by atoms with Crippen molar-refractivity contribution in [1.82, 2.24) is 0 Å². The van der Waals surface area contributed by atoms with E-state index in [0.29, 0.717) is 17.2 Å². The highest BCUT2D eigenvalue weighted by Gasteiger charge is 2.14. The van der Waals surface area contributed by atoms with Gasteiger partial charge in [-0.3, -0.25) is 0 Å². The SMILES string of the molecule is Cc1ccccc1SCCS(=O)(=O)c1ccc(CN)cc1. The van der Waals surface area contributed by atoms with Crippen LogP contribution in [0.2, 0.25) is 0 Å². The molecule has 0 aliphatic rings. The van der Waals surface area contributed by atoms with Gasteiger partial charge in [-0.15, -0.1) is 11.8 Å². The molecule has 0 saturated carbocycles. The highest BCUT2D eigenvalue weighted by atomic mass is 32.2. The van der Waals surface area contributed by atoms with Crippen LogP contribution in [0.4, 0.5) is 0 Å². The Morgan fingerprint density at radius 3 is 2.33 bits per heavy atom. The van der Waals surface area contributed by atoms with Gasteiger partial charge in [-0.2, -0.15) is 0 Å². The molecular weight excluding hydrogens is 302 g/mol. The number of sulfone groups is 1. The summed E-state index contributed by atoms with van der Waals surface area (Å²) in [5.41, 5.74) is 7.62. The largest absolute Gasteiger partial charge is 0.326 e. The quantitative estimate of drug-likeness (QED) is 0.831. The summed E-state index contributed by atoms with van der Waals surface area (Å²) in [6.45, 7) is 2.45. The second-order valence-corrected chi connectivity index (χ2v) is 8.03. The summed E-state index contributed by atoms with van der Waals surface area (Å²) >= 11 is 1.58. The third-order valence-corrected chi connectivity index (χ3v) is 6.39. The lowest BCUT2D eigenvalue weighted by molar-refractivity contribution is 0.597. The average Bonchev–Trinajstić information content (AvgIpc) is 2.49. The molecule has 0 radical (unpaired) electrons. The molecule has 0 aromatic heterocycles. The fraction of sp³-hybridized carbons (Fsp3) is 0.250. The molecule has 0 unspecified atom stereocenters. The van der Waals surface area contributed by atoms with Gasteiger partial charge in [0, 0.05) is 17.2 Å². The summed E-state index contributed by atoms with van der Waals surface area (Å²) < 4.78 is 24.5. The van der Waals surface area contributed by atoms with E-state index in [9.17, 15) is 8.42 Å². The minimum Gasteiger partial charge on any atom is -0.326 e. The number of rotatable bonds is 6. The van der Waals surface area contributed by atoms with Crippen molar-refractivity contribution in [2.75, 3.05) is 11.5 Å². The van der Waals surface area contributed by atoms with Crippen molar-refractivity contribution in [2.24, 2.45) is 5.73 Å². The van der Waals surface area contributed by atoms with E-state index in [4.69, 9.17) is 5.73 Å². The van der Waals surface area contributed by atoms with Gasteiger partial charge in [-0.05, 0) is 36.2 Å². The van der Waals surface area contributed by atoms with Crippen LogP contribution in [-0.4, -0.2) is 19.9 Å². The molecule has 0 bridgehead atoms. The summed E-state index contributed by atoms with van der Waals surface area (Å²) in [7, 11) is -3.23. The van der Waals surface area contributed by atoms with Gasteiger partial charge in [0.1, 0.15) is 0 Å². The molecular formula is C16H19NO2S2. The maximum atomic E-state index is 12.3. The average molecular weight is 321 g/mol. The number of thioether (sulfide) groups is 1. The van der Waals surface area contributed by atoms with Crippen LogP contribution in [0.15, 0.2) is 58.3 Å². The first-order valence-corrected chi connectivity index (χ1v) is 9.37. The molecule has 0 aliphatic carbocycles. The van der Waals surface area contributed by atoms with Crippen LogP contribution >= 0.6 is 11.8 Å². The lowest BCUT2D eigenvalue weighted by Crippen LogP contribution is -2.09. The van der Waals surface area contributed by atoms with Crippen LogP contribution in [0.1, 0.15) is 11.1 Å². The molecule has 3 nitrogen and oxygen atoms in total. The van der Waals surface area contributed by atoms with E-state index in [2.05, 4.69) is 0 Å². The molecule has 2 aromatic rings. The third kappa shape index (κ3) is 4.33. The summed E-state index contributed by atoms with van der Waals surface area (Å²) in [6, 6.07) is 14.8. The first-order valence-electron chi connectivity index (χ1n) is 6.73. The minimum atomic E-state index is -3.23. The number of nitrogens with two attached hydrogens (primary N) is 1. The minimum absolute atomic E-state index is 0.133. The Kier molecular flexibility index (Phi) is 5.45. The molecule has 5 heteroatoms. The molecule has 0 atom stereocenters. The van der Waals surface area contributed by atoms with Gasteiger partial charge in [-0.1, -0.05) is 30.3 Å². The Balaban J connectivity index is 1.99. The molecule has 2 rings (SSSR count). The summed E-state index contributed by atoms with van der Waals surface area (Å²) in [6.07, 6.45) is 0. The van der Waals surface area contributed by atoms with Crippen molar-refractivity contribution in [3.05, 3.63) is 59.7 Å². The lowest BCUT2D eigenvalue weighted by Gasteiger charge is -2.07. The first kappa shape index (κ1) is 16.1. The highest BCUT2D eigenvalue weighted by Crippen LogP contribution is 2.23. The van der Waals surface area contributed by atoms with Crippen molar-refractivity contribution in [1.29, 1.82) is 0 Å².